The molecule has 0 saturated carbocycles. The van der Waals surface area contributed by atoms with Crippen LogP contribution in [0.1, 0.15) is 6.92 Å². The number of piperazine rings is 1. The third-order valence-electron chi connectivity index (χ3n) is 6.13. The number of para-hydroxylation sites is 2. The minimum absolute atomic E-state index is 0.209. The van der Waals surface area contributed by atoms with Crippen LogP contribution < -0.4 is 10.8 Å². The molecule has 9 heteroatoms. The first-order valence-corrected chi connectivity index (χ1v) is 12.5. The second-order valence-corrected chi connectivity index (χ2v) is 9.02. The SMILES string of the molecule is CCOC(=O)N1CCN(CCn2c3ccccc3c(=NNc3nccs3)c3ccccc32)CC1. The van der Waals surface area contributed by atoms with Gasteiger partial charge >= 0.3 is 6.09 Å². The molecule has 1 fully saturated rings. The van der Waals surface area contributed by atoms with Gasteiger partial charge in [-0.05, 0) is 19.1 Å². The van der Waals surface area contributed by atoms with Crippen LogP contribution >= 0.6 is 11.3 Å². The normalized spacial score (nSPS) is 14.4. The summed E-state index contributed by atoms with van der Waals surface area (Å²) >= 11 is 1.53. The summed E-state index contributed by atoms with van der Waals surface area (Å²) in [4.78, 5) is 20.5. The number of nitrogens with zero attached hydrogens (tertiary/aromatic N) is 5. The van der Waals surface area contributed by atoms with Crippen LogP contribution in [-0.2, 0) is 11.3 Å². The topological polar surface area (TPSA) is 75.0 Å². The number of hydrogen-bond donors (Lipinski definition) is 1. The van der Waals surface area contributed by atoms with Crippen LogP contribution in [0, 0.1) is 0 Å². The maximum absolute atomic E-state index is 12.0. The number of rotatable bonds is 6. The Bertz CT molecular complexity index is 1280. The summed E-state index contributed by atoms with van der Waals surface area (Å²) in [7, 11) is 0. The van der Waals surface area contributed by atoms with Gasteiger partial charge in [-0.2, -0.15) is 5.10 Å². The molecule has 0 spiro atoms. The van der Waals surface area contributed by atoms with Crippen molar-refractivity contribution in [3.63, 3.8) is 0 Å². The maximum atomic E-state index is 12.0. The Morgan fingerprint density at radius 1 is 1.03 bits per heavy atom. The Morgan fingerprint density at radius 3 is 2.32 bits per heavy atom. The van der Waals surface area contributed by atoms with Gasteiger partial charge in [0, 0.05) is 61.6 Å². The fourth-order valence-electron chi connectivity index (χ4n) is 4.45. The Kier molecular flexibility index (Phi) is 6.73. The number of hydrogen-bond acceptors (Lipinski definition) is 7. The van der Waals surface area contributed by atoms with Gasteiger partial charge in [0.25, 0.3) is 0 Å². The first-order chi connectivity index (χ1) is 16.7. The number of pyridine rings is 1. The van der Waals surface area contributed by atoms with E-state index < -0.39 is 0 Å². The molecule has 0 radical (unpaired) electrons. The first-order valence-electron chi connectivity index (χ1n) is 11.6. The molecular formula is C25H28N6O2S. The molecule has 0 unspecified atom stereocenters. The van der Waals surface area contributed by atoms with E-state index in [-0.39, 0.29) is 6.09 Å². The zero-order valence-corrected chi connectivity index (χ0v) is 20.0. The van der Waals surface area contributed by atoms with Gasteiger partial charge < -0.3 is 14.2 Å². The molecule has 2 aromatic heterocycles. The van der Waals surface area contributed by atoms with Gasteiger partial charge in [0.1, 0.15) is 5.36 Å². The van der Waals surface area contributed by atoms with E-state index in [2.05, 4.69) is 68.4 Å². The summed E-state index contributed by atoms with van der Waals surface area (Å²) in [5.41, 5.74) is 5.41. The summed E-state index contributed by atoms with van der Waals surface area (Å²) in [6, 6.07) is 16.8. The lowest BCUT2D eigenvalue weighted by Crippen LogP contribution is -2.49. The third kappa shape index (κ3) is 4.62. The quantitative estimate of drug-likeness (QED) is 0.337. The number of carbonyl (C=O) groups is 1. The minimum Gasteiger partial charge on any atom is -0.450 e. The number of amides is 1. The monoisotopic (exact) mass is 476 g/mol. The molecule has 176 valence electrons. The van der Waals surface area contributed by atoms with Crippen LogP contribution in [0.2, 0.25) is 0 Å². The van der Waals surface area contributed by atoms with Crippen molar-refractivity contribution in [1.29, 1.82) is 0 Å². The van der Waals surface area contributed by atoms with E-state index >= 15 is 0 Å². The van der Waals surface area contributed by atoms with Crippen LogP contribution in [-0.4, -0.2) is 64.8 Å². The highest BCUT2D eigenvalue weighted by atomic mass is 32.1. The lowest BCUT2D eigenvalue weighted by Gasteiger charge is -2.34. The van der Waals surface area contributed by atoms with Gasteiger partial charge in [0.05, 0.1) is 17.6 Å². The Labute approximate surface area is 202 Å². The van der Waals surface area contributed by atoms with Gasteiger partial charge in [-0.25, -0.2) is 9.78 Å². The lowest BCUT2D eigenvalue weighted by molar-refractivity contribution is 0.0789. The predicted octanol–water partition coefficient (Wildman–Crippen LogP) is 3.95. The van der Waals surface area contributed by atoms with E-state index in [9.17, 15) is 4.79 Å². The molecule has 1 saturated heterocycles. The van der Waals surface area contributed by atoms with Crippen LogP contribution in [0.15, 0.2) is 65.2 Å². The average molecular weight is 477 g/mol. The molecule has 1 aliphatic heterocycles. The molecule has 1 N–H and O–H groups in total. The van der Waals surface area contributed by atoms with E-state index in [1.807, 2.05) is 12.3 Å². The van der Waals surface area contributed by atoms with Crippen molar-refractivity contribution < 1.29 is 9.53 Å². The number of fused-ring (bicyclic) bond motifs is 2. The van der Waals surface area contributed by atoms with Crippen molar-refractivity contribution in [3.8, 4) is 0 Å². The van der Waals surface area contributed by atoms with Crippen molar-refractivity contribution in [1.82, 2.24) is 19.4 Å². The van der Waals surface area contributed by atoms with Crippen LogP contribution in [0.3, 0.4) is 0 Å². The second kappa shape index (κ2) is 10.2. The van der Waals surface area contributed by atoms with Crippen LogP contribution in [0.5, 0.6) is 0 Å². The van der Waals surface area contributed by atoms with Gasteiger partial charge in [-0.1, -0.05) is 36.4 Å². The molecule has 0 atom stereocenters. The Hall–Kier alpha value is -3.43. The number of benzene rings is 2. The van der Waals surface area contributed by atoms with E-state index in [4.69, 9.17) is 9.84 Å². The number of aromatic nitrogens is 2. The predicted molar refractivity (Wildman–Crippen MR) is 136 cm³/mol. The molecule has 34 heavy (non-hydrogen) atoms. The highest BCUT2D eigenvalue weighted by Crippen LogP contribution is 2.20. The molecule has 0 bridgehead atoms. The molecule has 5 rings (SSSR count). The van der Waals surface area contributed by atoms with Crippen molar-refractivity contribution in [2.75, 3.05) is 44.8 Å². The standard InChI is InChI=1S/C25H28N6O2S/c1-2-33-25(32)30-15-12-29(13-16-30)14-17-31-21-9-5-3-7-19(21)23(20-8-4-6-10-22(20)31)27-28-24-26-11-18-34-24/h3-11,18H,2,12-17H2,1H3,(H,26,28). The van der Waals surface area contributed by atoms with E-state index in [0.29, 0.717) is 19.7 Å². The molecule has 1 aliphatic rings. The minimum atomic E-state index is -0.209. The van der Waals surface area contributed by atoms with Crippen molar-refractivity contribution in [2.45, 2.75) is 13.5 Å². The Morgan fingerprint density at radius 2 is 1.71 bits per heavy atom. The number of carbonyl (C=O) groups excluding carboxylic acids is 1. The highest BCUT2D eigenvalue weighted by molar-refractivity contribution is 7.13. The van der Waals surface area contributed by atoms with Gasteiger partial charge in [-0.3, -0.25) is 10.3 Å². The van der Waals surface area contributed by atoms with Gasteiger partial charge in [0.15, 0.2) is 0 Å². The van der Waals surface area contributed by atoms with Crippen molar-refractivity contribution in [3.05, 3.63) is 65.5 Å². The van der Waals surface area contributed by atoms with Crippen molar-refractivity contribution in [2.24, 2.45) is 5.10 Å². The second-order valence-electron chi connectivity index (χ2n) is 8.12. The summed E-state index contributed by atoms with van der Waals surface area (Å²) in [6.07, 6.45) is 1.56. The zero-order valence-electron chi connectivity index (χ0n) is 19.2. The number of ether oxygens (including phenoxy) is 1. The molecule has 2 aromatic carbocycles. The van der Waals surface area contributed by atoms with Crippen molar-refractivity contribution >= 4 is 44.4 Å². The molecule has 8 nitrogen and oxygen atoms in total. The Balaban J connectivity index is 1.44. The van der Waals surface area contributed by atoms with Crippen LogP contribution in [0.4, 0.5) is 9.93 Å². The first kappa shape index (κ1) is 22.4. The molecular weight excluding hydrogens is 448 g/mol. The number of nitrogens with one attached hydrogen (secondary N) is 1. The third-order valence-corrected chi connectivity index (χ3v) is 6.81. The molecule has 4 aromatic rings. The van der Waals surface area contributed by atoms with E-state index in [1.54, 1.807) is 11.1 Å². The maximum Gasteiger partial charge on any atom is 0.409 e. The summed E-state index contributed by atoms with van der Waals surface area (Å²) in [5.74, 6) is 0. The summed E-state index contributed by atoms with van der Waals surface area (Å²) < 4.78 is 7.52. The largest absolute Gasteiger partial charge is 0.450 e. The molecule has 1 amide bonds. The number of thiazole rings is 1. The van der Waals surface area contributed by atoms with Crippen LogP contribution in [0.25, 0.3) is 21.8 Å². The lowest BCUT2D eigenvalue weighted by atomic mass is 10.1. The zero-order chi connectivity index (χ0) is 23.3. The van der Waals surface area contributed by atoms with E-state index in [0.717, 1.165) is 58.5 Å². The van der Waals surface area contributed by atoms with Gasteiger partial charge in [0.2, 0.25) is 5.13 Å². The fraction of sp³-hybridized carbons (Fsp3) is 0.320. The van der Waals surface area contributed by atoms with Gasteiger partial charge in [-0.15, -0.1) is 11.3 Å². The van der Waals surface area contributed by atoms with E-state index in [1.165, 1.54) is 11.3 Å². The summed E-state index contributed by atoms with van der Waals surface area (Å²) in [6.45, 7) is 7.10. The fourth-order valence-corrected chi connectivity index (χ4v) is 4.92. The number of anilines is 1. The highest BCUT2D eigenvalue weighted by Gasteiger charge is 2.22. The molecule has 0 aliphatic carbocycles. The molecule has 3 heterocycles. The smallest absolute Gasteiger partial charge is 0.409 e. The average Bonchev–Trinajstić information content (AvgIpc) is 3.40. The summed E-state index contributed by atoms with van der Waals surface area (Å²) in [5, 5.41) is 10.6.